The monoisotopic (exact) mass is 1490 g/mol. The fourth-order valence-corrected chi connectivity index (χ4v) is 12.3. The lowest BCUT2D eigenvalue weighted by molar-refractivity contribution is -0.161. The lowest BCUT2D eigenvalue weighted by atomic mass is 10.0. The Bertz CT molecular complexity index is 2410. The fraction of sp³-hybridized carbons (Fsp3) is 0.706. The molecule has 0 heterocycles. The lowest BCUT2D eigenvalue weighted by Gasteiger charge is -2.21. The predicted molar refractivity (Wildman–Crippen MR) is 426 cm³/mol. The van der Waals surface area contributed by atoms with Gasteiger partial charge in [-0.25, -0.2) is 9.13 Å². The van der Waals surface area contributed by atoms with E-state index in [1.807, 2.05) is 0 Å². The topological polar surface area (TPSA) is 231 Å². The van der Waals surface area contributed by atoms with E-state index in [1.54, 1.807) is 0 Å². The number of hydrogen-bond acceptors (Lipinski definition) is 14. The number of phosphoric ester groups is 2. The van der Waals surface area contributed by atoms with Gasteiger partial charge in [0.1, 0.15) is 25.4 Å². The van der Waals surface area contributed by atoms with Gasteiger partial charge in [-0.15, -0.1) is 0 Å². The van der Waals surface area contributed by atoms with E-state index >= 15 is 0 Å². The molecule has 0 saturated heterocycles. The van der Waals surface area contributed by atoms with E-state index in [0.717, 1.165) is 161 Å². The molecule has 103 heavy (non-hydrogen) atoms. The van der Waals surface area contributed by atoms with E-state index < -0.39 is 91.5 Å². The van der Waals surface area contributed by atoms with E-state index in [2.05, 4.69) is 154 Å². The summed E-state index contributed by atoms with van der Waals surface area (Å²) in [7, 11) is -9.80. The maximum atomic E-state index is 13.0. The Morgan fingerprint density at radius 3 is 0.825 bits per heavy atom. The van der Waals surface area contributed by atoms with Crippen molar-refractivity contribution < 1.29 is 75.8 Å². The third-order valence-corrected chi connectivity index (χ3v) is 18.7. The Hall–Kier alpha value is -4.31. The summed E-state index contributed by atoms with van der Waals surface area (Å²) < 4.78 is 61.2. The molecular weight excluding hydrogens is 1340 g/mol. The van der Waals surface area contributed by atoms with E-state index in [1.165, 1.54) is 109 Å². The maximum absolute atomic E-state index is 13.0. The third kappa shape index (κ3) is 78.6. The largest absolute Gasteiger partial charge is 0.472 e. The summed E-state index contributed by atoms with van der Waals surface area (Å²) in [4.78, 5) is 58.7. The first-order chi connectivity index (χ1) is 50.2. The smallest absolute Gasteiger partial charge is 0.463 e. The number of hydrogen-bond donors (Lipinski definition) is 4. The van der Waals surface area contributed by atoms with Crippen LogP contribution in [-0.2, 0) is 55.8 Å². The summed E-state index contributed by atoms with van der Waals surface area (Å²) in [5, 5.41) is 20.6. The molecule has 0 aromatic heterocycles. The van der Waals surface area contributed by atoms with E-state index in [-0.39, 0.29) is 19.3 Å². The number of allylic oxidation sites excluding steroid dienone is 22. The summed E-state index contributed by atoms with van der Waals surface area (Å²) in [5.41, 5.74) is 0. The van der Waals surface area contributed by atoms with Gasteiger partial charge in [-0.05, 0) is 135 Å². The minimum Gasteiger partial charge on any atom is -0.463 e. The fourth-order valence-electron chi connectivity index (χ4n) is 10.7. The van der Waals surface area contributed by atoms with Crippen molar-refractivity contribution in [2.45, 2.75) is 347 Å². The molecule has 0 aromatic carbocycles. The van der Waals surface area contributed by atoms with Gasteiger partial charge in [-0.1, -0.05) is 309 Å². The number of unbranched alkanes of at least 4 members (excludes halogenated alkanes) is 31. The van der Waals surface area contributed by atoms with Crippen molar-refractivity contribution in [3.63, 3.8) is 0 Å². The van der Waals surface area contributed by atoms with Gasteiger partial charge in [0.05, 0.1) is 26.4 Å². The van der Waals surface area contributed by atoms with Crippen molar-refractivity contribution in [2.75, 3.05) is 39.6 Å². The van der Waals surface area contributed by atoms with Crippen molar-refractivity contribution in [3.8, 4) is 0 Å². The molecule has 0 aliphatic rings. The molecule has 0 aliphatic carbocycles. The summed E-state index contributed by atoms with van der Waals surface area (Å²) in [5.74, 6) is -1.59. The number of ether oxygens (including phenoxy) is 3. The molecule has 0 saturated carbocycles. The van der Waals surface area contributed by atoms with Crippen LogP contribution >= 0.6 is 15.6 Å². The molecule has 0 amide bonds. The van der Waals surface area contributed by atoms with Crippen molar-refractivity contribution in [1.29, 1.82) is 0 Å². The first-order valence-electron chi connectivity index (χ1n) is 40.5. The Kier molecular flexibility index (Phi) is 74.1. The Morgan fingerprint density at radius 1 is 0.282 bits per heavy atom. The molecule has 0 radical (unpaired) electrons. The number of aliphatic hydroxyl groups is 2. The third-order valence-electron chi connectivity index (χ3n) is 16.8. The van der Waals surface area contributed by atoms with Gasteiger partial charge >= 0.3 is 33.6 Å². The highest BCUT2D eigenvalue weighted by Gasteiger charge is 2.29. The summed E-state index contributed by atoms with van der Waals surface area (Å²) >= 11 is 0. The minimum atomic E-state index is -4.94. The first kappa shape index (κ1) is 98.7. The highest BCUT2D eigenvalue weighted by molar-refractivity contribution is 7.47. The highest BCUT2D eigenvalue weighted by atomic mass is 31.2. The van der Waals surface area contributed by atoms with Gasteiger partial charge in [0.2, 0.25) is 0 Å². The van der Waals surface area contributed by atoms with E-state index in [4.69, 9.17) is 32.3 Å². The minimum absolute atomic E-state index is 0.0917. The Labute approximate surface area is 626 Å². The molecule has 0 spiro atoms. The van der Waals surface area contributed by atoms with Gasteiger partial charge in [0.25, 0.3) is 0 Å². The summed E-state index contributed by atoms with van der Waals surface area (Å²) in [6.07, 6.45) is 93.5. The van der Waals surface area contributed by atoms with Crippen LogP contribution in [0.25, 0.3) is 0 Å². The van der Waals surface area contributed by atoms with Crippen molar-refractivity contribution in [2.24, 2.45) is 0 Å². The van der Waals surface area contributed by atoms with Crippen LogP contribution in [0.15, 0.2) is 134 Å². The average Bonchev–Trinajstić information content (AvgIpc) is 0.922. The van der Waals surface area contributed by atoms with Crippen LogP contribution in [0.2, 0.25) is 0 Å². The number of carbonyl (C=O) groups excluding carboxylic acids is 3. The molecule has 5 atom stereocenters. The molecular formula is C85H146O16P2. The zero-order valence-electron chi connectivity index (χ0n) is 64.7. The van der Waals surface area contributed by atoms with Crippen LogP contribution in [0.1, 0.15) is 329 Å². The van der Waals surface area contributed by atoms with Gasteiger partial charge in [-0.2, -0.15) is 0 Å². The second-order valence-corrected chi connectivity index (χ2v) is 29.7. The highest BCUT2D eigenvalue weighted by Crippen LogP contribution is 2.45. The van der Waals surface area contributed by atoms with Crippen LogP contribution in [0, 0.1) is 0 Å². The van der Waals surface area contributed by atoms with Gasteiger partial charge in [0, 0.05) is 19.3 Å². The van der Waals surface area contributed by atoms with Crippen LogP contribution < -0.4 is 0 Å². The lowest BCUT2D eigenvalue weighted by Crippen LogP contribution is -2.30. The number of carbonyl (C=O) groups is 3. The number of rotatable bonds is 76. The molecule has 0 aromatic rings. The second kappa shape index (κ2) is 77.3. The van der Waals surface area contributed by atoms with Crippen molar-refractivity contribution >= 4 is 33.6 Å². The molecule has 16 nitrogen and oxygen atoms in total. The molecule has 0 bridgehead atoms. The first-order valence-corrected chi connectivity index (χ1v) is 43.5. The predicted octanol–water partition coefficient (Wildman–Crippen LogP) is 23.9. The number of esters is 3. The van der Waals surface area contributed by atoms with Crippen LogP contribution in [0.3, 0.4) is 0 Å². The van der Waals surface area contributed by atoms with Gasteiger partial charge in [-0.3, -0.25) is 32.5 Å². The van der Waals surface area contributed by atoms with Gasteiger partial charge in [0.15, 0.2) is 6.10 Å². The molecule has 0 aliphatic heterocycles. The zero-order chi connectivity index (χ0) is 75.2. The molecule has 18 heteroatoms. The molecule has 4 N–H and O–H groups in total. The van der Waals surface area contributed by atoms with E-state index in [0.29, 0.717) is 19.3 Å². The maximum Gasteiger partial charge on any atom is 0.472 e. The number of phosphoric acid groups is 2. The number of aliphatic hydroxyl groups excluding tert-OH is 2. The average molecular weight is 1490 g/mol. The second-order valence-electron chi connectivity index (χ2n) is 26.8. The Morgan fingerprint density at radius 2 is 0.515 bits per heavy atom. The van der Waals surface area contributed by atoms with Crippen LogP contribution in [0.5, 0.6) is 0 Å². The summed E-state index contributed by atoms with van der Waals surface area (Å²) in [6, 6.07) is 0. The SMILES string of the molecule is CC/C=C\C/C=C\C/C=C\C/C=C\C/C=C\CCCCCCCCCCCCCC(=O)OCC(O)COP(=O)(O)OCC(O)COP(=O)(O)OCC(COC(=O)CCCCCCCCCCC/C=C\C/C=C\C/C=C\C/C=C\C/C=C\CC)OC(=O)CCCCCCC/C=C\CCCCCCCC. The van der Waals surface area contributed by atoms with Gasteiger partial charge < -0.3 is 34.2 Å². The van der Waals surface area contributed by atoms with E-state index in [9.17, 15) is 43.5 Å². The molecule has 5 unspecified atom stereocenters. The molecule has 0 rings (SSSR count). The van der Waals surface area contributed by atoms with Crippen LogP contribution in [0.4, 0.5) is 0 Å². The zero-order valence-corrected chi connectivity index (χ0v) is 66.5. The molecule has 0 fully saturated rings. The van der Waals surface area contributed by atoms with Crippen molar-refractivity contribution in [3.05, 3.63) is 134 Å². The molecule has 592 valence electrons. The summed E-state index contributed by atoms with van der Waals surface area (Å²) in [6.45, 7) is 2.45. The quantitative estimate of drug-likeness (QED) is 0.0146. The van der Waals surface area contributed by atoms with Crippen molar-refractivity contribution in [1.82, 2.24) is 0 Å². The van der Waals surface area contributed by atoms with Crippen LogP contribution in [-0.4, -0.2) is 95.9 Å². The Balaban J connectivity index is 4.57. The normalized spacial score (nSPS) is 14.7. The standard InChI is InChI=1S/C85H146O16P2/c1-4-7-10-13-16-19-22-25-28-30-32-34-36-38-39-41-43-44-46-48-51-53-56-59-62-65-68-71-83(88)95-74-80(86)75-97-102(91,92)98-76-81(87)77-99-103(93,94)100-79-82(101-85(90)73-70-67-64-61-58-55-50-27-24-21-18-15-12-9-6-3)78-96-84(89)72-69-66-63-60-57-54-52-49-47-45-42-40-37-35-33-31-29-26-23-20-17-14-11-8-5-2/h7-8,10-11,16-17,19-20,25-29,32-35,38-40,42,50,80-82,86-87H,4-6,9,12-15,18,21-24,30-31,36-37,41,43-49,51-79H2,1-3H3,(H,91,92)(H,93,94)/b10-7-,11-8-,19-16-,20-17-,28-25-,29-26-,34-32-,35-33-,39-38-,42-40-,50-27-.